The van der Waals surface area contributed by atoms with Crippen LogP contribution in [0.25, 0.3) is 12.2 Å². The molecular weight excluding hydrogens is 360 g/mol. The van der Waals surface area contributed by atoms with Crippen LogP contribution >= 0.6 is 0 Å². The molecule has 27 heavy (non-hydrogen) atoms. The van der Waals surface area contributed by atoms with Crippen LogP contribution in [0.4, 0.5) is 17.6 Å². The molecular formula is C20H20F4N2O. The van der Waals surface area contributed by atoms with Crippen LogP contribution < -0.4 is 11.1 Å². The summed E-state index contributed by atoms with van der Waals surface area (Å²) in [5, 5.41) is 2.78. The van der Waals surface area contributed by atoms with Gasteiger partial charge in [0, 0.05) is 12.1 Å². The first-order chi connectivity index (χ1) is 12.8. The third-order valence-corrected chi connectivity index (χ3v) is 3.87. The van der Waals surface area contributed by atoms with Crippen molar-refractivity contribution >= 4 is 18.1 Å². The number of carbonyl (C=O) groups is 1. The lowest BCUT2D eigenvalue weighted by Crippen LogP contribution is -2.25. The molecule has 0 bridgehead atoms. The first-order valence-electron chi connectivity index (χ1n) is 8.45. The highest BCUT2D eigenvalue weighted by Gasteiger charge is 2.33. The zero-order chi connectivity index (χ0) is 19.9. The molecule has 0 heterocycles. The van der Waals surface area contributed by atoms with Crippen LogP contribution in [0, 0.1) is 5.82 Å². The fourth-order valence-corrected chi connectivity index (χ4v) is 2.47. The van der Waals surface area contributed by atoms with Crippen LogP contribution in [0.2, 0.25) is 0 Å². The number of nitrogens with two attached hydrogens (primary N) is 1. The predicted molar refractivity (Wildman–Crippen MR) is 97.4 cm³/mol. The van der Waals surface area contributed by atoms with Gasteiger partial charge in [-0.15, -0.1) is 0 Å². The second-order valence-electron chi connectivity index (χ2n) is 5.91. The molecule has 0 aliphatic carbocycles. The number of hydrogen-bond donors (Lipinski definition) is 2. The minimum atomic E-state index is -4.77. The Morgan fingerprint density at radius 3 is 2.52 bits per heavy atom. The van der Waals surface area contributed by atoms with Gasteiger partial charge in [-0.05, 0) is 48.7 Å². The summed E-state index contributed by atoms with van der Waals surface area (Å²) in [4.78, 5) is 12.3. The summed E-state index contributed by atoms with van der Waals surface area (Å²) in [5.74, 6) is -1.60. The molecule has 144 valence electrons. The number of rotatable bonds is 7. The summed E-state index contributed by atoms with van der Waals surface area (Å²) < 4.78 is 51.8. The predicted octanol–water partition coefficient (Wildman–Crippen LogP) is 4.48. The molecule has 1 amide bonds. The van der Waals surface area contributed by atoms with E-state index in [0.29, 0.717) is 24.2 Å². The topological polar surface area (TPSA) is 55.1 Å². The van der Waals surface area contributed by atoms with Crippen molar-refractivity contribution in [2.75, 3.05) is 13.1 Å². The lowest BCUT2D eigenvalue weighted by Gasteiger charge is -2.09. The molecule has 0 fully saturated rings. The Bertz CT molecular complexity index is 816. The third-order valence-electron chi connectivity index (χ3n) is 3.87. The van der Waals surface area contributed by atoms with Gasteiger partial charge in [-0.1, -0.05) is 36.4 Å². The highest BCUT2D eigenvalue weighted by molar-refractivity contribution is 5.98. The highest BCUT2D eigenvalue weighted by Crippen LogP contribution is 2.32. The van der Waals surface area contributed by atoms with Gasteiger partial charge in [0.1, 0.15) is 5.82 Å². The molecule has 2 rings (SSSR count). The summed E-state index contributed by atoms with van der Waals surface area (Å²) in [6, 6.07) is 9.49. The summed E-state index contributed by atoms with van der Waals surface area (Å²) in [7, 11) is 0. The number of nitrogens with one attached hydrogen (secondary N) is 1. The highest BCUT2D eigenvalue weighted by atomic mass is 19.4. The van der Waals surface area contributed by atoms with E-state index in [1.54, 1.807) is 24.3 Å². The van der Waals surface area contributed by atoms with Crippen molar-refractivity contribution in [2.24, 2.45) is 5.73 Å². The standard InChI is InChI=1S/C20H20F4N2O/c21-18-10-8-14(13-17(18)20(22,23)24)7-9-15-5-1-2-6-16(15)19(27)26-12-4-3-11-25/h1-2,5-10,13H,3-4,11-12,25H2,(H,26,27)/b9-7-. The van der Waals surface area contributed by atoms with Gasteiger partial charge in [0.15, 0.2) is 0 Å². The van der Waals surface area contributed by atoms with E-state index < -0.39 is 17.6 Å². The van der Waals surface area contributed by atoms with E-state index in [4.69, 9.17) is 5.73 Å². The maximum atomic E-state index is 13.4. The van der Waals surface area contributed by atoms with E-state index in [1.165, 1.54) is 18.2 Å². The second-order valence-corrected chi connectivity index (χ2v) is 5.91. The summed E-state index contributed by atoms with van der Waals surface area (Å²) >= 11 is 0. The van der Waals surface area contributed by atoms with Gasteiger partial charge in [0.05, 0.1) is 5.56 Å². The number of halogens is 4. The number of hydrogen-bond acceptors (Lipinski definition) is 2. The van der Waals surface area contributed by atoms with Gasteiger partial charge in [-0.2, -0.15) is 13.2 Å². The smallest absolute Gasteiger partial charge is 0.352 e. The number of carbonyl (C=O) groups excluding carboxylic acids is 1. The largest absolute Gasteiger partial charge is 0.419 e. The molecule has 2 aromatic rings. The van der Waals surface area contributed by atoms with Crippen molar-refractivity contribution < 1.29 is 22.4 Å². The fraction of sp³-hybridized carbons (Fsp3) is 0.250. The average Bonchev–Trinajstić information content (AvgIpc) is 2.63. The van der Waals surface area contributed by atoms with Gasteiger partial charge in [-0.3, -0.25) is 4.79 Å². The van der Waals surface area contributed by atoms with Crippen LogP contribution in [0.3, 0.4) is 0 Å². The van der Waals surface area contributed by atoms with E-state index in [9.17, 15) is 22.4 Å². The number of alkyl halides is 3. The van der Waals surface area contributed by atoms with Crippen LogP contribution in [0.5, 0.6) is 0 Å². The Balaban J connectivity index is 2.19. The van der Waals surface area contributed by atoms with E-state index in [1.807, 2.05) is 0 Å². The van der Waals surface area contributed by atoms with Crippen LogP contribution in [0.1, 0.15) is 39.9 Å². The minimum absolute atomic E-state index is 0.182. The molecule has 0 spiro atoms. The zero-order valence-corrected chi connectivity index (χ0v) is 14.5. The zero-order valence-electron chi connectivity index (χ0n) is 14.5. The van der Waals surface area contributed by atoms with Crippen molar-refractivity contribution in [3.05, 3.63) is 70.5 Å². The van der Waals surface area contributed by atoms with Crippen molar-refractivity contribution in [1.82, 2.24) is 5.32 Å². The number of unbranched alkanes of at least 4 members (excludes halogenated alkanes) is 1. The minimum Gasteiger partial charge on any atom is -0.352 e. The first kappa shape index (κ1) is 20.6. The van der Waals surface area contributed by atoms with Gasteiger partial charge in [0.25, 0.3) is 5.91 Å². The monoisotopic (exact) mass is 380 g/mol. The maximum Gasteiger partial charge on any atom is 0.419 e. The molecule has 3 nitrogen and oxygen atoms in total. The Morgan fingerprint density at radius 1 is 1.07 bits per heavy atom. The van der Waals surface area contributed by atoms with Crippen molar-refractivity contribution in [3.63, 3.8) is 0 Å². The van der Waals surface area contributed by atoms with E-state index in [2.05, 4.69) is 5.32 Å². The van der Waals surface area contributed by atoms with Gasteiger partial charge in [0.2, 0.25) is 0 Å². The Labute approximate surface area is 154 Å². The molecule has 0 unspecified atom stereocenters. The summed E-state index contributed by atoms with van der Waals surface area (Å²) in [6.07, 6.45) is -0.267. The lowest BCUT2D eigenvalue weighted by atomic mass is 10.0. The normalized spacial score (nSPS) is 11.7. The number of amides is 1. The SMILES string of the molecule is NCCCCNC(=O)c1ccccc1/C=C\c1ccc(F)c(C(F)(F)F)c1. The Hall–Kier alpha value is -2.67. The van der Waals surface area contributed by atoms with E-state index in [-0.39, 0.29) is 11.5 Å². The lowest BCUT2D eigenvalue weighted by molar-refractivity contribution is -0.140. The molecule has 0 saturated heterocycles. The molecule has 3 N–H and O–H groups in total. The van der Waals surface area contributed by atoms with Crippen molar-refractivity contribution in [1.29, 1.82) is 0 Å². The van der Waals surface area contributed by atoms with E-state index >= 15 is 0 Å². The molecule has 0 atom stereocenters. The molecule has 7 heteroatoms. The Kier molecular flexibility index (Phi) is 7.12. The molecule has 2 aromatic carbocycles. The van der Waals surface area contributed by atoms with E-state index in [0.717, 1.165) is 25.0 Å². The molecule has 0 radical (unpaired) electrons. The van der Waals surface area contributed by atoms with Crippen LogP contribution in [-0.2, 0) is 6.18 Å². The third kappa shape index (κ3) is 5.92. The molecule has 0 aliphatic heterocycles. The molecule has 0 aromatic heterocycles. The molecule has 0 aliphatic rings. The average molecular weight is 380 g/mol. The van der Waals surface area contributed by atoms with Crippen LogP contribution in [-0.4, -0.2) is 19.0 Å². The van der Waals surface area contributed by atoms with Crippen molar-refractivity contribution in [2.45, 2.75) is 19.0 Å². The maximum absolute atomic E-state index is 13.4. The summed E-state index contributed by atoms with van der Waals surface area (Å²) in [5.41, 5.74) is 5.22. The number of benzene rings is 2. The molecule has 0 saturated carbocycles. The van der Waals surface area contributed by atoms with Gasteiger partial charge < -0.3 is 11.1 Å². The second kappa shape index (κ2) is 9.32. The fourth-order valence-electron chi connectivity index (χ4n) is 2.47. The van der Waals surface area contributed by atoms with Gasteiger partial charge >= 0.3 is 6.18 Å². The summed E-state index contributed by atoms with van der Waals surface area (Å²) in [6.45, 7) is 1.04. The Morgan fingerprint density at radius 2 is 1.81 bits per heavy atom. The quantitative estimate of drug-likeness (QED) is 0.423. The van der Waals surface area contributed by atoms with Crippen LogP contribution in [0.15, 0.2) is 42.5 Å². The first-order valence-corrected chi connectivity index (χ1v) is 8.45. The van der Waals surface area contributed by atoms with Gasteiger partial charge in [-0.25, -0.2) is 4.39 Å². The van der Waals surface area contributed by atoms with Crippen molar-refractivity contribution in [3.8, 4) is 0 Å².